The van der Waals surface area contributed by atoms with E-state index >= 15 is 0 Å². The van der Waals surface area contributed by atoms with Gasteiger partial charge in [-0.15, -0.1) is 0 Å². The van der Waals surface area contributed by atoms with E-state index in [9.17, 15) is 19.4 Å². The topological polar surface area (TPSA) is 108 Å². The second kappa shape index (κ2) is 61.5. The van der Waals surface area contributed by atoms with Gasteiger partial charge in [0.1, 0.15) is 13.2 Å². The summed E-state index contributed by atoms with van der Waals surface area (Å²) in [5, 5.41) is 13.9. The van der Waals surface area contributed by atoms with Crippen LogP contribution >= 0.6 is 7.82 Å². The van der Waals surface area contributed by atoms with Crippen LogP contribution in [0, 0.1) is 0 Å². The molecule has 2 N–H and O–H groups in total. The van der Waals surface area contributed by atoms with Crippen molar-refractivity contribution in [3.8, 4) is 0 Å². The summed E-state index contributed by atoms with van der Waals surface area (Å²) in [6, 6.07) is -0.915. The predicted octanol–water partition coefficient (Wildman–Crippen LogP) is 20.6. The fraction of sp³-hybridized carbons (Fsp3) is 0.708. The molecule has 9 heteroatoms. The molecule has 8 nitrogen and oxygen atoms in total. The Balaban J connectivity index is 4.19. The number of allylic oxidation sites excluding steroid dienone is 19. The molecule has 0 heterocycles. The van der Waals surface area contributed by atoms with Crippen molar-refractivity contribution in [3.63, 3.8) is 0 Å². The lowest BCUT2D eigenvalue weighted by Crippen LogP contribution is -2.45. The van der Waals surface area contributed by atoms with Gasteiger partial charge in [0, 0.05) is 6.42 Å². The minimum atomic E-state index is -4.62. The number of carbonyl (C=O) groups is 1. The van der Waals surface area contributed by atoms with Crippen LogP contribution in [0.2, 0.25) is 0 Å². The highest BCUT2D eigenvalue weighted by Gasteiger charge is 2.23. The molecular formula is C72H127N2O6P. The number of aliphatic hydroxyl groups excluding tert-OH is 1. The van der Waals surface area contributed by atoms with Gasteiger partial charge in [0.25, 0.3) is 7.82 Å². The van der Waals surface area contributed by atoms with E-state index in [1.807, 2.05) is 27.2 Å². The highest BCUT2D eigenvalue weighted by Crippen LogP contribution is 2.38. The third-order valence-electron chi connectivity index (χ3n) is 14.4. The van der Waals surface area contributed by atoms with Crippen molar-refractivity contribution in [2.75, 3.05) is 40.9 Å². The lowest BCUT2D eigenvalue weighted by molar-refractivity contribution is -0.870. The molecule has 0 rings (SSSR count). The number of rotatable bonds is 60. The second-order valence-corrected chi connectivity index (χ2v) is 24.8. The Bertz CT molecular complexity index is 1730. The summed E-state index contributed by atoms with van der Waals surface area (Å²) in [5.74, 6) is -0.214. The summed E-state index contributed by atoms with van der Waals surface area (Å²) < 4.78 is 23.4. The summed E-state index contributed by atoms with van der Waals surface area (Å²) in [6.45, 7) is 4.52. The monoisotopic (exact) mass is 1150 g/mol. The van der Waals surface area contributed by atoms with Crippen LogP contribution < -0.4 is 10.2 Å². The third-order valence-corrected chi connectivity index (χ3v) is 15.4. The molecule has 0 fully saturated rings. The molecule has 0 aliphatic rings. The molecule has 0 aromatic carbocycles. The van der Waals surface area contributed by atoms with Crippen molar-refractivity contribution in [3.05, 3.63) is 122 Å². The number of amides is 1. The van der Waals surface area contributed by atoms with Crippen LogP contribution in [0.3, 0.4) is 0 Å². The zero-order chi connectivity index (χ0) is 59.1. The molecular weight excluding hydrogens is 1020 g/mol. The number of hydrogen-bond donors (Lipinski definition) is 2. The van der Waals surface area contributed by atoms with Crippen molar-refractivity contribution >= 4 is 13.7 Å². The van der Waals surface area contributed by atoms with Gasteiger partial charge < -0.3 is 28.8 Å². The summed E-state index contributed by atoms with van der Waals surface area (Å²) in [7, 11) is 1.23. The van der Waals surface area contributed by atoms with E-state index < -0.39 is 26.6 Å². The molecule has 0 saturated carbocycles. The Labute approximate surface area is 501 Å². The van der Waals surface area contributed by atoms with Gasteiger partial charge in [-0.25, -0.2) is 0 Å². The van der Waals surface area contributed by atoms with Gasteiger partial charge in [-0.3, -0.25) is 9.36 Å². The highest BCUT2D eigenvalue weighted by atomic mass is 31.2. The molecule has 0 spiro atoms. The first-order chi connectivity index (χ1) is 39.5. The average Bonchev–Trinajstić information content (AvgIpc) is 3.43. The first-order valence-corrected chi connectivity index (χ1v) is 34.9. The molecule has 0 aromatic heterocycles. The fourth-order valence-electron chi connectivity index (χ4n) is 9.25. The zero-order valence-electron chi connectivity index (χ0n) is 53.2. The Hall–Kier alpha value is -3.10. The minimum Gasteiger partial charge on any atom is -0.756 e. The SMILES string of the molecule is CC/C=C\C/C=C\C/C=C\C/C=C\C/C=C\C/C=C\C/C=C\C/C=C\CCCCCCCCCCCCC(=O)NC(COP(=O)([O-])OCC[N+](C)(C)C)C(O)/C=C/CC/C=C/CCCCCCCCCCCCCCCCCCCC. The molecule has 0 aromatic rings. The van der Waals surface area contributed by atoms with Crippen LogP contribution in [0.4, 0.5) is 0 Å². The van der Waals surface area contributed by atoms with Gasteiger partial charge in [0.05, 0.1) is 39.9 Å². The molecule has 0 aliphatic heterocycles. The van der Waals surface area contributed by atoms with E-state index in [0.29, 0.717) is 17.4 Å². The van der Waals surface area contributed by atoms with Crippen LogP contribution in [-0.4, -0.2) is 68.5 Å². The smallest absolute Gasteiger partial charge is 0.268 e. The van der Waals surface area contributed by atoms with Crippen LogP contribution in [0.15, 0.2) is 122 Å². The van der Waals surface area contributed by atoms with Gasteiger partial charge in [-0.05, 0) is 96.3 Å². The van der Waals surface area contributed by atoms with Crippen molar-refractivity contribution in [1.29, 1.82) is 0 Å². The van der Waals surface area contributed by atoms with Gasteiger partial charge in [-0.2, -0.15) is 0 Å². The number of unbranched alkanes of at least 4 members (excludes halogenated alkanes) is 29. The Morgan fingerprint density at radius 2 is 0.765 bits per heavy atom. The number of likely N-dealkylation sites (N-methyl/N-ethyl adjacent to an activating group) is 1. The molecule has 0 bridgehead atoms. The van der Waals surface area contributed by atoms with Crippen LogP contribution in [0.25, 0.3) is 0 Å². The van der Waals surface area contributed by atoms with E-state index in [4.69, 9.17) is 9.05 Å². The van der Waals surface area contributed by atoms with Crippen molar-refractivity contribution in [1.82, 2.24) is 5.32 Å². The Morgan fingerprint density at radius 1 is 0.444 bits per heavy atom. The third kappa shape index (κ3) is 64.3. The second-order valence-electron chi connectivity index (χ2n) is 23.4. The largest absolute Gasteiger partial charge is 0.756 e. The van der Waals surface area contributed by atoms with Gasteiger partial charge in [0.2, 0.25) is 5.91 Å². The maximum Gasteiger partial charge on any atom is 0.268 e. The quantitative estimate of drug-likeness (QED) is 0.0272. The van der Waals surface area contributed by atoms with E-state index in [-0.39, 0.29) is 12.5 Å². The molecule has 3 atom stereocenters. The van der Waals surface area contributed by atoms with Crippen molar-refractivity contribution < 1.29 is 32.9 Å². The molecule has 0 saturated heterocycles. The normalized spacial score (nSPS) is 14.5. The average molecular weight is 1150 g/mol. The standard InChI is InChI=1S/C72H127N2O6P/c1-6-8-10-12-14-16-18-20-22-24-26-28-30-32-33-34-35-36-37-38-39-40-41-42-44-46-48-50-52-54-56-58-60-62-64-66-72(76)73-70(69-80-81(77,78)79-68-67-74(3,4)5)71(75)65-63-61-59-57-55-53-51-49-47-45-43-31-29-27-25-23-21-19-17-15-13-11-9-7-2/h8,10,14,16,20,22,26,28,32-33,35-36,38-39,41-42,55,57,63,65,70-71,75H,6-7,9,11-13,15,17-19,21,23-25,27,29-31,34,37,40,43-54,56,58-62,64,66-69H2,1-5H3,(H-,73,76,77,78)/b10-8-,16-14-,22-20-,28-26-,33-32-,36-35-,39-38-,42-41-,57-55+,65-63+. The summed E-state index contributed by atoms with van der Waals surface area (Å²) in [5.41, 5.74) is 0. The maximum absolute atomic E-state index is 13.0. The van der Waals surface area contributed by atoms with Crippen LogP contribution in [0.1, 0.15) is 277 Å². The number of phosphoric ester groups is 1. The summed E-state index contributed by atoms with van der Waals surface area (Å²) >= 11 is 0. The number of nitrogens with zero attached hydrogens (tertiary/aromatic N) is 1. The molecule has 466 valence electrons. The Kier molecular flexibility index (Phi) is 59.1. The molecule has 3 unspecified atom stereocenters. The Morgan fingerprint density at radius 3 is 1.15 bits per heavy atom. The number of nitrogens with one attached hydrogen (secondary N) is 1. The molecule has 0 radical (unpaired) electrons. The first-order valence-electron chi connectivity index (χ1n) is 33.4. The lowest BCUT2D eigenvalue weighted by Gasteiger charge is -2.29. The first kappa shape index (κ1) is 77.9. The van der Waals surface area contributed by atoms with E-state index in [0.717, 1.165) is 96.3 Å². The summed E-state index contributed by atoms with van der Waals surface area (Å²) in [6.07, 6.45) is 91.6. The van der Waals surface area contributed by atoms with Gasteiger partial charge in [-0.1, -0.05) is 296 Å². The maximum atomic E-state index is 13.0. The van der Waals surface area contributed by atoms with E-state index in [2.05, 4.69) is 129 Å². The van der Waals surface area contributed by atoms with Crippen molar-refractivity contribution in [2.24, 2.45) is 0 Å². The number of hydrogen-bond acceptors (Lipinski definition) is 6. The molecule has 0 aliphatic carbocycles. The number of phosphoric acid groups is 1. The zero-order valence-corrected chi connectivity index (χ0v) is 54.1. The van der Waals surface area contributed by atoms with Crippen LogP contribution in [0.5, 0.6) is 0 Å². The number of quaternary nitrogens is 1. The number of carbonyl (C=O) groups excluding carboxylic acids is 1. The van der Waals surface area contributed by atoms with E-state index in [1.54, 1.807) is 6.08 Å². The predicted molar refractivity (Wildman–Crippen MR) is 352 cm³/mol. The van der Waals surface area contributed by atoms with E-state index in [1.165, 1.54) is 161 Å². The highest BCUT2D eigenvalue weighted by molar-refractivity contribution is 7.45. The lowest BCUT2D eigenvalue weighted by atomic mass is 10.0. The van der Waals surface area contributed by atoms with Crippen molar-refractivity contribution in [2.45, 2.75) is 289 Å². The minimum absolute atomic E-state index is 0.0125. The molecule has 81 heavy (non-hydrogen) atoms. The van der Waals surface area contributed by atoms with Crippen LogP contribution in [-0.2, 0) is 18.4 Å². The van der Waals surface area contributed by atoms with Gasteiger partial charge in [0.15, 0.2) is 0 Å². The summed E-state index contributed by atoms with van der Waals surface area (Å²) in [4.78, 5) is 25.6. The van der Waals surface area contributed by atoms with Gasteiger partial charge >= 0.3 is 0 Å². The fourth-order valence-corrected chi connectivity index (χ4v) is 9.97. The molecule has 1 amide bonds. The number of aliphatic hydroxyl groups is 1.